The number of phenolic OH excluding ortho intramolecular Hbond substituents is 2. The minimum Gasteiger partial charge on any atom is -0.744 e. The minimum absolute atomic E-state index is 0.217. The van der Waals surface area contributed by atoms with Gasteiger partial charge in [0.2, 0.25) is 0 Å². The largest absolute Gasteiger partial charge is 0.744 e. The number of anilines is 3. The van der Waals surface area contributed by atoms with Crippen LogP contribution in [0.1, 0.15) is 0 Å². The molecule has 0 saturated heterocycles. The third-order valence-electron chi connectivity index (χ3n) is 4.63. The highest BCUT2D eigenvalue weighted by Crippen LogP contribution is 2.36. The summed E-state index contributed by atoms with van der Waals surface area (Å²) in [6, 6.07) is 12.5. The number of hydrogen-bond donors (Lipinski definition) is 6. The van der Waals surface area contributed by atoms with Gasteiger partial charge in [-0.25, -0.2) is 8.42 Å². The standard InChI is InChI=1S/C10H10N2O4S.C10H9NO4S/c11-6-1-2-7-5(3-6)4-8(17(14,15)16)9(12)10(7)13;11-7-1-2-9-6(3-7)4-8(5-10(9)12)16(13,14)15/h1-4,13H,11-12H2,(H,14,15,16);1-5,12H,11H2,(H,13,14,15)/p-1. The van der Waals surface area contributed by atoms with Gasteiger partial charge in [0.25, 0.3) is 10.1 Å². The van der Waals surface area contributed by atoms with Crippen LogP contribution in [-0.4, -0.2) is 36.2 Å². The first-order valence-corrected chi connectivity index (χ1v) is 11.8. The monoisotopic (exact) mass is 492 g/mol. The van der Waals surface area contributed by atoms with Crippen LogP contribution in [0, 0.1) is 0 Å². The molecule has 4 rings (SSSR count). The van der Waals surface area contributed by atoms with E-state index < -0.39 is 36.6 Å². The number of nitrogens with two attached hydrogens (primary N) is 3. The number of rotatable bonds is 2. The van der Waals surface area contributed by atoms with Crippen LogP contribution in [0.2, 0.25) is 0 Å². The Hall–Kier alpha value is -3.78. The molecule has 13 heteroatoms. The first-order valence-electron chi connectivity index (χ1n) is 8.95. The van der Waals surface area contributed by atoms with Gasteiger partial charge < -0.3 is 32.0 Å². The van der Waals surface area contributed by atoms with Crippen molar-refractivity contribution in [1.82, 2.24) is 0 Å². The third kappa shape index (κ3) is 5.01. The fourth-order valence-electron chi connectivity index (χ4n) is 3.09. The Morgan fingerprint density at radius 1 is 0.727 bits per heavy atom. The zero-order chi connectivity index (χ0) is 24.7. The molecule has 0 saturated carbocycles. The summed E-state index contributed by atoms with van der Waals surface area (Å²) in [7, 11) is -9.07. The number of nitrogen functional groups attached to an aromatic ring is 3. The molecule has 4 aromatic rings. The van der Waals surface area contributed by atoms with Crippen LogP contribution in [0.5, 0.6) is 11.5 Å². The van der Waals surface area contributed by atoms with Crippen molar-refractivity contribution in [3.63, 3.8) is 0 Å². The van der Waals surface area contributed by atoms with Gasteiger partial charge in [0, 0.05) is 28.2 Å². The van der Waals surface area contributed by atoms with Gasteiger partial charge in [-0.1, -0.05) is 0 Å². The van der Waals surface area contributed by atoms with Crippen molar-refractivity contribution in [3.05, 3.63) is 54.6 Å². The van der Waals surface area contributed by atoms with Crippen molar-refractivity contribution < 1.29 is 36.2 Å². The summed E-state index contributed by atoms with van der Waals surface area (Å²) in [5.74, 6) is -0.651. The Kier molecular flexibility index (Phi) is 6.00. The molecule has 33 heavy (non-hydrogen) atoms. The van der Waals surface area contributed by atoms with Gasteiger partial charge in [-0.05, 0) is 59.3 Å². The zero-order valence-electron chi connectivity index (χ0n) is 16.6. The molecule has 0 aliphatic carbocycles. The van der Waals surface area contributed by atoms with E-state index in [0.29, 0.717) is 32.9 Å². The Morgan fingerprint density at radius 3 is 1.76 bits per heavy atom. The lowest BCUT2D eigenvalue weighted by molar-refractivity contribution is 0.459. The van der Waals surface area contributed by atoms with Gasteiger partial charge in [0.15, 0.2) is 0 Å². The molecule has 0 amide bonds. The Bertz CT molecular complexity index is 1620. The average Bonchev–Trinajstić information content (AvgIpc) is 2.69. The molecule has 0 fully saturated rings. The summed E-state index contributed by atoms with van der Waals surface area (Å²) in [4.78, 5) is -1.00. The lowest BCUT2D eigenvalue weighted by Crippen LogP contribution is -2.04. The fraction of sp³-hybridized carbons (Fsp3) is 0. The van der Waals surface area contributed by atoms with Gasteiger partial charge in [-0.3, -0.25) is 4.55 Å². The van der Waals surface area contributed by atoms with Crippen molar-refractivity contribution in [3.8, 4) is 11.5 Å². The Balaban J connectivity index is 0.000000186. The SMILES string of the molecule is Nc1ccc2c(O)c(N)c(S(=O)(=O)[O-])cc2c1.Nc1ccc2c(O)cc(S(=O)(=O)O)cc2c1. The second kappa shape index (κ2) is 8.29. The van der Waals surface area contributed by atoms with E-state index in [2.05, 4.69) is 0 Å². The molecule has 174 valence electrons. The number of benzene rings is 4. The molecule has 0 aliphatic heterocycles. The maximum absolute atomic E-state index is 11.0. The molecular formula is C20H18N3O8S2-. The Morgan fingerprint density at radius 2 is 1.24 bits per heavy atom. The first-order chi connectivity index (χ1) is 15.2. The lowest BCUT2D eigenvalue weighted by Gasteiger charge is -2.13. The van der Waals surface area contributed by atoms with Crippen LogP contribution >= 0.6 is 0 Å². The summed E-state index contributed by atoms with van der Waals surface area (Å²) >= 11 is 0. The summed E-state index contributed by atoms with van der Waals surface area (Å²) in [6.07, 6.45) is 0. The minimum atomic E-state index is -4.74. The van der Waals surface area contributed by atoms with Gasteiger partial charge in [0.05, 0.1) is 15.5 Å². The fourth-order valence-corrected chi connectivity index (χ4v) is 4.27. The maximum atomic E-state index is 11.0. The molecule has 0 heterocycles. The molecule has 11 nitrogen and oxygen atoms in total. The molecule has 0 unspecified atom stereocenters. The van der Waals surface area contributed by atoms with E-state index in [-0.39, 0.29) is 10.6 Å². The van der Waals surface area contributed by atoms with E-state index >= 15 is 0 Å². The number of phenols is 2. The highest BCUT2D eigenvalue weighted by atomic mass is 32.2. The molecule has 0 radical (unpaired) electrons. The molecule has 0 atom stereocenters. The van der Waals surface area contributed by atoms with Gasteiger partial charge in [0.1, 0.15) is 21.6 Å². The van der Waals surface area contributed by atoms with E-state index in [1.807, 2.05) is 0 Å². The van der Waals surface area contributed by atoms with E-state index in [1.54, 1.807) is 12.1 Å². The zero-order valence-corrected chi connectivity index (χ0v) is 18.3. The summed E-state index contributed by atoms with van der Waals surface area (Å²) in [5.41, 5.74) is 16.9. The van der Waals surface area contributed by atoms with Crippen molar-refractivity contribution in [2.24, 2.45) is 0 Å². The normalized spacial score (nSPS) is 11.8. The van der Waals surface area contributed by atoms with Crippen molar-refractivity contribution in [2.75, 3.05) is 17.2 Å². The predicted molar refractivity (Wildman–Crippen MR) is 122 cm³/mol. The van der Waals surface area contributed by atoms with Gasteiger partial charge in [-0.15, -0.1) is 0 Å². The Labute approximate surface area is 188 Å². The van der Waals surface area contributed by atoms with E-state index in [1.165, 1.54) is 30.3 Å². The molecular weight excluding hydrogens is 474 g/mol. The molecule has 0 bridgehead atoms. The number of hydrogen-bond acceptors (Lipinski definition) is 10. The maximum Gasteiger partial charge on any atom is 0.294 e. The highest BCUT2D eigenvalue weighted by Gasteiger charge is 2.15. The first kappa shape index (κ1) is 23.9. The lowest BCUT2D eigenvalue weighted by atomic mass is 10.1. The molecule has 0 aromatic heterocycles. The third-order valence-corrected chi connectivity index (χ3v) is 6.34. The average molecular weight is 493 g/mol. The smallest absolute Gasteiger partial charge is 0.294 e. The van der Waals surface area contributed by atoms with Crippen molar-refractivity contribution in [1.29, 1.82) is 0 Å². The van der Waals surface area contributed by atoms with Crippen LogP contribution in [0.25, 0.3) is 21.5 Å². The van der Waals surface area contributed by atoms with E-state index in [0.717, 1.165) is 12.1 Å². The van der Waals surface area contributed by atoms with Crippen LogP contribution in [0.4, 0.5) is 17.1 Å². The molecule has 4 aromatic carbocycles. The number of fused-ring (bicyclic) bond motifs is 2. The second-order valence-corrected chi connectivity index (χ2v) is 9.74. The van der Waals surface area contributed by atoms with Gasteiger partial charge >= 0.3 is 0 Å². The number of aromatic hydroxyl groups is 2. The quantitative estimate of drug-likeness (QED) is 0.134. The molecule has 0 spiro atoms. The van der Waals surface area contributed by atoms with Crippen molar-refractivity contribution in [2.45, 2.75) is 9.79 Å². The van der Waals surface area contributed by atoms with E-state index in [9.17, 15) is 31.6 Å². The summed E-state index contributed by atoms with van der Waals surface area (Å²) < 4.78 is 63.6. The van der Waals surface area contributed by atoms with Gasteiger partial charge in [-0.2, -0.15) is 8.42 Å². The van der Waals surface area contributed by atoms with Crippen molar-refractivity contribution >= 4 is 58.8 Å². The van der Waals surface area contributed by atoms with Crippen LogP contribution < -0.4 is 17.2 Å². The van der Waals surface area contributed by atoms with E-state index in [4.69, 9.17) is 21.8 Å². The molecule has 9 N–H and O–H groups in total. The van der Waals surface area contributed by atoms with Crippen LogP contribution in [0.3, 0.4) is 0 Å². The van der Waals surface area contributed by atoms with Crippen LogP contribution in [0.15, 0.2) is 64.4 Å². The summed E-state index contributed by atoms with van der Waals surface area (Å²) in [6.45, 7) is 0. The van der Waals surface area contributed by atoms with Crippen LogP contribution in [-0.2, 0) is 20.2 Å². The topological polar surface area (TPSA) is 230 Å². The highest BCUT2D eigenvalue weighted by molar-refractivity contribution is 7.86. The second-order valence-electron chi connectivity index (χ2n) is 6.97. The predicted octanol–water partition coefficient (Wildman–Crippen LogP) is 1.99. The summed E-state index contributed by atoms with van der Waals surface area (Å²) in [5, 5.41) is 20.9. The molecule has 0 aliphatic rings.